The molecule has 1 heterocycles. The molecule has 0 saturated heterocycles. The Morgan fingerprint density at radius 2 is 1.95 bits per heavy atom. The van der Waals surface area contributed by atoms with E-state index in [0.29, 0.717) is 10.0 Å². The molecule has 0 amide bonds. The van der Waals surface area contributed by atoms with Gasteiger partial charge in [0.05, 0.1) is 16.1 Å². The Morgan fingerprint density at radius 3 is 2.62 bits per heavy atom. The van der Waals surface area contributed by atoms with E-state index in [1.807, 2.05) is 30.6 Å². The van der Waals surface area contributed by atoms with Crippen LogP contribution in [0.1, 0.15) is 43.0 Å². The minimum Gasteiger partial charge on any atom is -0.306 e. The van der Waals surface area contributed by atoms with Crippen LogP contribution >= 0.6 is 23.2 Å². The van der Waals surface area contributed by atoms with Crippen LogP contribution in [0.3, 0.4) is 0 Å². The Morgan fingerprint density at radius 1 is 1.14 bits per heavy atom. The molecule has 0 aliphatic rings. The van der Waals surface area contributed by atoms with Crippen molar-refractivity contribution >= 4 is 23.2 Å². The molecule has 0 aliphatic heterocycles. The molecule has 0 spiro atoms. The third-order valence-electron chi connectivity index (χ3n) is 3.51. The van der Waals surface area contributed by atoms with Crippen molar-refractivity contribution in [2.75, 3.05) is 6.54 Å². The molecule has 0 saturated carbocycles. The zero-order valence-corrected chi connectivity index (χ0v) is 13.9. The second kappa shape index (κ2) is 7.79. The summed E-state index contributed by atoms with van der Waals surface area (Å²) in [6.45, 7) is 5.24. The molecule has 21 heavy (non-hydrogen) atoms. The molecule has 112 valence electrons. The molecule has 2 rings (SSSR count). The van der Waals surface area contributed by atoms with Crippen molar-refractivity contribution in [1.82, 2.24) is 10.3 Å². The van der Waals surface area contributed by atoms with Crippen LogP contribution in [0.15, 0.2) is 36.7 Å². The van der Waals surface area contributed by atoms with Crippen LogP contribution in [-0.4, -0.2) is 11.5 Å². The molecule has 1 atom stereocenters. The lowest BCUT2D eigenvalue weighted by Crippen LogP contribution is -2.24. The molecule has 2 nitrogen and oxygen atoms in total. The normalized spacial score (nSPS) is 12.4. The summed E-state index contributed by atoms with van der Waals surface area (Å²) in [4.78, 5) is 4.23. The van der Waals surface area contributed by atoms with Gasteiger partial charge < -0.3 is 5.32 Å². The van der Waals surface area contributed by atoms with Crippen LogP contribution in [0.5, 0.6) is 0 Å². The zero-order chi connectivity index (χ0) is 15.2. The number of nitrogens with one attached hydrogen (secondary N) is 1. The van der Waals surface area contributed by atoms with Crippen LogP contribution < -0.4 is 5.32 Å². The molecule has 4 heteroatoms. The summed E-state index contributed by atoms with van der Waals surface area (Å²) >= 11 is 12.2. The minimum absolute atomic E-state index is 0.109. The van der Waals surface area contributed by atoms with Gasteiger partial charge in [0.1, 0.15) is 0 Å². The summed E-state index contributed by atoms with van der Waals surface area (Å²) in [6.07, 6.45) is 5.80. The van der Waals surface area contributed by atoms with Gasteiger partial charge in [-0.2, -0.15) is 0 Å². The second-order valence-electron chi connectivity index (χ2n) is 4.99. The fourth-order valence-corrected chi connectivity index (χ4v) is 2.71. The van der Waals surface area contributed by atoms with Crippen molar-refractivity contribution in [3.05, 3.63) is 63.4 Å². The highest BCUT2D eigenvalue weighted by molar-refractivity contribution is 6.42. The van der Waals surface area contributed by atoms with Crippen LogP contribution in [-0.2, 0) is 6.42 Å². The van der Waals surface area contributed by atoms with Crippen molar-refractivity contribution in [3.8, 4) is 0 Å². The predicted molar refractivity (Wildman–Crippen MR) is 90.2 cm³/mol. The van der Waals surface area contributed by atoms with Crippen LogP contribution in [0, 0.1) is 0 Å². The monoisotopic (exact) mass is 322 g/mol. The van der Waals surface area contributed by atoms with Crippen molar-refractivity contribution in [2.24, 2.45) is 0 Å². The van der Waals surface area contributed by atoms with E-state index in [9.17, 15) is 0 Å². The SMILES string of the molecule is CCCNC(c1ccc(Cl)c(Cl)c1)c1ccncc1CC. The van der Waals surface area contributed by atoms with E-state index < -0.39 is 0 Å². The summed E-state index contributed by atoms with van der Waals surface area (Å²) in [5, 5.41) is 4.76. The fraction of sp³-hybridized carbons (Fsp3) is 0.353. The quantitative estimate of drug-likeness (QED) is 0.805. The fourth-order valence-electron chi connectivity index (χ4n) is 2.40. The van der Waals surface area contributed by atoms with Crippen molar-refractivity contribution in [2.45, 2.75) is 32.7 Å². The Balaban J connectivity index is 2.44. The maximum absolute atomic E-state index is 6.18. The summed E-state index contributed by atoms with van der Waals surface area (Å²) in [7, 11) is 0. The second-order valence-corrected chi connectivity index (χ2v) is 5.80. The maximum atomic E-state index is 6.18. The van der Waals surface area contributed by atoms with Crippen LogP contribution in [0.25, 0.3) is 0 Å². The highest BCUT2D eigenvalue weighted by atomic mass is 35.5. The minimum atomic E-state index is 0.109. The first-order valence-corrected chi connectivity index (χ1v) is 8.04. The summed E-state index contributed by atoms with van der Waals surface area (Å²) in [5.41, 5.74) is 3.62. The van der Waals surface area contributed by atoms with E-state index in [1.165, 1.54) is 11.1 Å². The Kier molecular flexibility index (Phi) is 6.04. The third kappa shape index (κ3) is 3.97. The molecule has 0 bridgehead atoms. The molecule has 2 aromatic rings. The molecular formula is C17H20Cl2N2. The van der Waals surface area contributed by atoms with E-state index in [1.54, 1.807) is 0 Å². The third-order valence-corrected chi connectivity index (χ3v) is 4.25. The van der Waals surface area contributed by atoms with Crippen molar-refractivity contribution < 1.29 is 0 Å². The van der Waals surface area contributed by atoms with Gasteiger partial charge >= 0.3 is 0 Å². The van der Waals surface area contributed by atoms with Crippen molar-refractivity contribution in [3.63, 3.8) is 0 Å². The number of pyridine rings is 1. The molecule has 0 aliphatic carbocycles. The number of rotatable bonds is 6. The molecule has 1 aromatic heterocycles. The summed E-state index contributed by atoms with van der Waals surface area (Å²) in [5.74, 6) is 0. The molecule has 1 unspecified atom stereocenters. The number of nitrogens with zero attached hydrogens (tertiary/aromatic N) is 1. The predicted octanol–water partition coefficient (Wildman–Crippen LogP) is 5.04. The lowest BCUT2D eigenvalue weighted by molar-refractivity contribution is 0.594. The number of hydrogen-bond donors (Lipinski definition) is 1. The van der Waals surface area contributed by atoms with Gasteiger partial charge in [0, 0.05) is 12.4 Å². The van der Waals surface area contributed by atoms with Gasteiger partial charge in [0.2, 0.25) is 0 Å². The largest absolute Gasteiger partial charge is 0.306 e. The first kappa shape index (κ1) is 16.3. The van der Waals surface area contributed by atoms with E-state index in [4.69, 9.17) is 23.2 Å². The van der Waals surface area contributed by atoms with Crippen LogP contribution in [0.2, 0.25) is 10.0 Å². The lowest BCUT2D eigenvalue weighted by Gasteiger charge is -2.22. The topological polar surface area (TPSA) is 24.9 Å². The van der Waals surface area contributed by atoms with Gasteiger partial charge in [-0.1, -0.05) is 43.1 Å². The molecule has 0 fully saturated rings. The van der Waals surface area contributed by atoms with Gasteiger partial charge in [-0.05, 0) is 54.3 Å². The number of halogens is 2. The molecule has 0 radical (unpaired) electrons. The van der Waals surface area contributed by atoms with Gasteiger partial charge in [-0.3, -0.25) is 4.98 Å². The number of benzene rings is 1. The summed E-state index contributed by atoms with van der Waals surface area (Å²) < 4.78 is 0. The zero-order valence-electron chi connectivity index (χ0n) is 12.4. The van der Waals surface area contributed by atoms with Gasteiger partial charge in [0.25, 0.3) is 0 Å². The van der Waals surface area contributed by atoms with Gasteiger partial charge in [0.15, 0.2) is 0 Å². The van der Waals surface area contributed by atoms with Gasteiger partial charge in [-0.15, -0.1) is 0 Å². The number of hydrogen-bond acceptors (Lipinski definition) is 2. The highest BCUT2D eigenvalue weighted by Crippen LogP contribution is 2.30. The maximum Gasteiger partial charge on any atom is 0.0595 e. The Bertz CT molecular complexity index is 599. The van der Waals surface area contributed by atoms with Gasteiger partial charge in [-0.25, -0.2) is 0 Å². The highest BCUT2D eigenvalue weighted by Gasteiger charge is 2.17. The first-order chi connectivity index (χ1) is 10.2. The number of aryl methyl sites for hydroxylation is 1. The van der Waals surface area contributed by atoms with Crippen LogP contribution in [0.4, 0.5) is 0 Å². The number of aromatic nitrogens is 1. The van der Waals surface area contributed by atoms with E-state index >= 15 is 0 Å². The smallest absolute Gasteiger partial charge is 0.0595 e. The lowest BCUT2D eigenvalue weighted by atomic mass is 9.94. The Labute approximate surface area is 136 Å². The van der Waals surface area contributed by atoms with E-state index in [2.05, 4.69) is 30.2 Å². The standard InChI is InChI=1S/C17H20Cl2N2/c1-3-8-21-17(13-5-6-15(18)16(19)10-13)14-7-9-20-11-12(14)4-2/h5-7,9-11,17,21H,3-4,8H2,1-2H3. The molecule has 1 N–H and O–H groups in total. The Hall–Kier alpha value is -1.09. The first-order valence-electron chi connectivity index (χ1n) is 7.28. The summed E-state index contributed by atoms with van der Waals surface area (Å²) in [6, 6.07) is 8.01. The average Bonchev–Trinajstić information content (AvgIpc) is 2.51. The van der Waals surface area contributed by atoms with Crippen molar-refractivity contribution in [1.29, 1.82) is 0 Å². The molecule has 1 aromatic carbocycles. The van der Waals surface area contributed by atoms with E-state index in [-0.39, 0.29) is 6.04 Å². The van der Waals surface area contributed by atoms with E-state index in [0.717, 1.165) is 24.9 Å². The molecular weight excluding hydrogens is 303 g/mol. The average molecular weight is 323 g/mol.